The third-order valence-electron chi connectivity index (χ3n) is 0.677. The van der Waals surface area contributed by atoms with Crippen LogP contribution >= 0.6 is 0 Å². The minimum atomic E-state index is 1.31. The molecule has 0 saturated carbocycles. The Kier molecular flexibility index (Phi) is 32.5. The molecular formula is C12H24. The van der Waals surface area contributed by atoms with Gasteiger partial charge >= 0.3 is 0 Å². The van der Waals surface area contributed by atoms with Crippen molar-refractivity contribution in [3.8, 4) is 0 Å². The molecule has 0 saturated heterocycles. The fourth-order valence-corrected chi connectivity index (χ4v) is 0.327. The van der Waals surface area contributed by atoms with Crippen LogP contribution in [0.3, 0.4) is 0 Å². The van der Waals surface area contributed by atoms with Gasteiger partial charge in [-0.25, -0.2) is 0 Å². The fraction of sp³-hybridized carbons (Fsp3) is 0.500. The molecule has 0 fully saturated rings. The average Bonchev–Trinajstić information content (AvgIpc) is 2.12. The lowest BCUT2D eigenvalue weighted by molar-refractivity contribution is 1.39. The Morgan fingerprint density at radius 3 is 1.58 bits per heavy atom. The first kappa shape index (κ1) is 17.3. The molecule has 0 aromatic heterocycles. The Balaban J connectivity index is -0.000000175. The predicted octanol–water partition coefficient (Wildman–Crippen LogP) is 4.75. The normalized spacial score (nSPS) is 7.17. The summed E-state index contributed by atoms with van der Waals surface area (Å²) in [5, 5.41) is 0. The molecule has 0 aromatic rings. The van der Waals surface area contributed by atoms with Crippen molar-refractivity contribution in [2.75, 3.05) is 0 Å². The van der Waals surface area contributed by atoms with Crippen LogP contribution < -0.4 is 0 Å². The van der Waals surface area contributed by atoms with Crippen molar-refractivity contribution in [1.82, 2.24) is 0 Å². The molecule has 0 aliphatic rings. The zero-order chi connectivity index (χ0) is 10.4. The van der Waals surface area contributed by atoms with Crippen LogP contribution in [0.15, 0.2) is 36.5 Å². The van der Waals surface area contributed by atoms with Gasteiger partial charge < -0.3 is 0 Å². The number of hydrogen-bond donors (Lipinski definition) is 0. The van der Waals surface area contributed by atoms with Gasteiger partial charge in [-0.05, 0) is 13.8 Å². The smallest absolute Gasteiger partial charge is 0.0439 e. The van der Waals surface area contributed by atoms with Crippen LogP contribution in [0.4, 0.5) is 0 Å². The van der Waals surface area contributed by atoms with E-state index in [2.05, 4.69) is 20.4 Å². The van der Waals surface area contributed by atoms with Crippen LogP contribution in [0.25, 0.3) is 0 Å². The molecule has 12 heavy (non-hydrogen) atoms. The second-order valence-electron chi connectivity index (χ2n) is 1.86. The molecule has 0 aliphatic heterocycles. The Labute approximate surface area is 78.7 Å². The summed E-state index contributed by atoms with van der Waals surface area (Å²) in [5.74, 6) is 0. The van der Waals surface area contributed by atoms with Crippen LogP contribution in [0.5, 0.6) is 0 Å². The molecule has 0 unspecified atom stereocenters. The topological polar surface area (TPSA) is 0 Å². The van der Waals surface area contributed by atoms with Crippen molar-refractivity contribution >= 4 is 0 Å². The first-order valence-corrected chi connectivity index (χ1v) is 4.70. The van der Waals surface area contributed by atoms with E-state index < -0.39 is 0 Å². The van der Waals surface area contributed by atoms with Crippen LogP contribution in [0.1, 0.15) is 41.5 Å². The summed E-state index contributed by atoms with van der Waals surface area (Å²) in [7, 11) is 0. The molecule has 0 aliphatic carbocycles. The summed E-state index contributed by atoms with van der Waals surface area (Å²) in [6.07, 6.45) is 7.69. The van der Waals surface area contributed by atoms with E-state index in [1.165, 1.54) is 5.57 Å². The van der Waals surface area contributed by atoms with E-state index in [1.807, 2.05) is 45.9 Å². The summed E-state index contributed by atoms with van der Waals surface area (Å²) in [5.41, 5.74) is 1.31. The molecule has 0 heterocycles. The molecular weight excluding hydrogens is 144 g/mol. The maximum atomic E-state index is 3.54. The van der Waals surface area contributed by atoms with Crippen molar-refractivity contribution in [3.63, 3.8) is 0 Å². The van der Waals surface area contributed by atoms with E-state index in [0.717, 1.165) is 0 Å². The highest BCUT2D eigenvalue weighted by molar-refractivity contribution is 5.12. The van der Waals surface area contributed by atoms with Crippen LogP contribution in [0, 0.1) is 0 Å². The second-order valence-corrected chi connectivity index (χ2v) is 1.86. The van der Waals surface area contributed by atoms with E-state index in [1.54, 1.807) is 6.08 Å². The number of allylic oxidation sites excluding steroid dienone is 5. The van der Waals surface area contributed by atoms with Gasteiger partial charge in [-0.1, -0.05) is 64.2 Å². The summed E-state index contributed by atoms with van der Waals surface area (Å²) < 4.78 is 0. The molecule has 0 N–H and O–H groups in total. The number of hydrogen-bond acceptors (Lipinski definition) is 0. The third-order valence-corrected chi connectivity index (χ3v) is 0.677. The van der Waals surface area contributed by atoms with Gasteiger partial charge in [0.2, 0.25) is 0 Å². The average molecular weight is 168 g/mol. The molecule has 0 spiro atoms. The molecule has 0 bridgehead atoms. The maximum absolute atomic E-state index is 3.54. The molecule has 0 amide bonds. The predicted molar refractivity (Wildman–Crippen MR) is 61.5 cm³/mol. The van der Waals surface area contributed by atoms with Gasteiger partial charge in [0.15, 0.2) is 0 Å². The van der Waals surface area contributed by atoms with Gasteiger partial charge in [0.25, 0.3) is 0 Å². The maximum Gasteiger partial charge on any atom is -0.0439 e. The fourth-order valence-electron chi connectivity index (χ4n) is 0.327. The minimum absolute atomic E-state index is 1.31. The van der Waals surface area contributed by atoms with Gasteiger partial charge in [0, 0.05) is 0 Å². The minimum Gasteiger partial charge on any atom is -0.0991 e. The standard InChI is InChI=1S/C8H12.2C2H6/c1-4-5-6-7-8(2)3;2*1-2/h4-7H,1H2,2-3H3;2*1-2H3/b6-5-;;. The molecule has 0 atom stereocenters. The van der Waals surface area contributed by atoms with Crippen LogP contribution in [-0.4, -0.2) is 0 Å². The van der Waals surface area contributed by atoms with Gasteiger partial charge in [-0.2, -0.15) is 0 Å². The summed E-state index contributed by atoms with van der Waals surface area (Å²) in [4.78, 5) is 0. The zero-order valence-corrected chi connectivity index (χ0v) is 9.52. The Morgan fingerprint density at radius 1 is 0.917 bits per heavy atom. The van der Waals surface area contributed by atoms with Crippen molar-refractivity contribution < 1.29 is 0 Å². The molecule has 0 radical (unpaired) electrons. The van der Waals surface area contributed by atoms with Gasteiger partial charge in [-0.15, -0.1) is 0 Å². The van der Waals surface area contributed by atoms with E-state index in [0.29, 0.717) is 0 Å². The van der Waals surface area contributed by atoms with Gasteiger partial charge in [-0.3, -0.25) is 0 Å². The number of rotatable bonds is 2. The van der Waals surface area contributed by atoms with Gasteiger partial charge in [0.1, 0.15) is 0 Å². The highest BCUT2D eigenvalue weighted by Gasteiger charge is 1.66. The summed E-state index contributed by atoms with van der Waals surface area (Å²) in [6.45, 7) is 15.7. The van der Waals surface area contributed by atoms with Crippen molar-refractivity contribution in [2.45, 2.75) is 41.5 Å². The third kappa shape index (κ3) is 35.0. The molecule has 0 aromatic carbocycles. The Bertz CT molecular complexity index is 112. The van der Waals surface area contributed by atoms with E-state index in [9.17, 15) is 0 Å². The highest BCUT2D eigenvalue weighted by atomic mass is 13.7. The van der Waals surface area contributed by atoms with Crippen molar-refractivity contribution in [3.05, 3.63) is 36.5 Å². The Morgan fingerprint density at radius 2 is 1.33 bits per heavy atom. The molecule has 72 valence electrons. The van der Waals surface area contributed by atoms with Crippen molar-refractivity contribution in [1.29, 1.82) is 0 Å². The Hall–Kier alpha value is -0.780. The summed E-state index contributed by atoms with van der Waals surface area (Å²) in [6, 6.07) is 0. The van der Waals surface area contributed by atoms with E-state index >= 15 is 0 Å². The first-order chi connectivity index (χ1) is 5.77. The largest absolute Gasteiger partial charge is 0.0991 e. The SMILES string of the molecule is C=C/C=C\C=C(C)C.CC.CC. The first-order valence-electron chi connectivity index (χ1n) is 4.70. The lowest BCUT2D eigenvalue weighted by Crippen LogP contribution is -1.56. The van der Waals surface area contributed by atoms with E-state index in [4.69, 9.17) is 0 Å². The quantitative estimate of drug-likeness (QED) is 0.522. The lowest BCUT2D eigenvalue weighted by Gasteiger charge is -1.78. The lowest BCUT2D eigenvalue weighted by atomic mass is 10.3. The molecule has 0 heteroatoms. The zero-order valence-electron chi connectivity index (χ0n) is 9.52. The van der Waals surface area contributed by atoms with E-state index in [-0.39, 0.29) is 0 Å². The monoisotopic (exact) mass is 168 g/mol. The molecule has 0 nitrogen and oxygen atoms in total. The second kappa shape index (κ2) is 22.5. The highest BCUT2D eigenvalue weighted by Crippen LogP contribution is 1.87. The van der Waals surface area contributed by atoms with Crippen molar-refractivity contribution in [2.24, 2.45) is 0 Å². The summed E-state index contributed by atoms with van der Waals surface area (Å²) >= 11 is 0. The molecule has 0 rings (SSSR count). The van der Waals surface area contributed by atoms with Gasteiger partial charge in [0.05, 0.1) is 0 Å². The van der Waals surface area contributed by atoms with Crippen LogP contribution in [0.2, 0.25) is 0 Å². The van der Waals surface area contributed by atoms with Crippen LogP contribution in [-0.2, 0) is 0 Å².